The summed E-state index contributed by atoms with van der Waals surface area (Å²) in [5, 5.41) is 3.80. The van der Waals surface area contributed by atoms with Gasteiger partial charge in [0.05, 0.1) is 21.5 Å². The van der Waals surface area contributed by atoms with E-state index in [0.717, 1.165) is 16.4 Å². The Kier molecular flexibility index (Phi) is 7.14. The molecule has 1 aliphatic rings. The average Bonchev–Trinajstić information content (AvgIpc) is 2.66. The van der Waals surface area contributed by atoms with Crippen molar-refractivity contribution in [2.45, 2.75) is 24.0 Å². The standard InChI is InChI=1S/C16H20ClF3N4O4S/c1-10(14(25)22-15(26)21-2)23-5-7-24(8-6-23)29(27,28)11-3-4-13(17)12(9-11)16(18,19)20/h3-4,9-10H,5-8H2,1-2H3,(H2,21,22,25,26). The summed E-state index contributed by atoms with van der Waals surface area (Å²) in [5.41, 5.74) is -1.22. The first kappa shape index (κ1) is 23.4. The van der Waals surface area contributed by atoms with Gasteiger partial charge in [0, 0.05) is 33.2 Å². The normalized spacial score (nSPS) is 17.6. The van der Waals surface area contributed by atoms with E-state index in [0.29, 0.717) is 6.07 Å². The van der Waals surface area contributed by atoms with Gasteiger partial charge in [-0.25, -0.2) is 13.2 Å². The number of carbonyl (C=O) groups excluding carboxylic acids is 2. The molecule has 0 saturated carbocycles. The number of nitrogens with one attached hydrogen (secondary N) is 2. The minimum Gasteiger partial charge on any atom is -0.341 e. The lowest BCUT2D eigenvalue weighted by Crippen LogP contribution is -2.56. The van der Waals surface area contributed by atoms with Crippen LogP contribution < -0.4 is 10.6 Å². The molecule has 2 rings (SSSR count). The zero-order chi connectivity index (χ0) is 22.0. The molecule has 1 heterocycles. The Morgan fingerprint density at radius 3 is 2.28 bits per heavy atom. The molecule has 1 fully saturated rings. The molecule has 0 bridgehead atoms. The van der Waals surface area contributed by atoms with Crippen LogP contribution in [0.15, 0.2) is 23.1 Å². The van der Waals surface area contributed by atoms with Crippen molar-refractivity contribution in [3.8, 4) is 0 Å². The zero-order valence-corrected chi connectivity index (χ0v) is 17.2. The Labute approximate surface area is 171 Å². The minimum atomic E-state index is -4.78. The summed E-state index contributed by atoms with van der Waals surface area (Å²) in [6.45, 7) is 1.85. The molecule has 29 heavy (non-hydrogen) atoms. The van der Waals surface area contributed by atoms with Crippen molar-refractivity contribution in [2.75, 3.05) is 33.2 Å². The van der Waals surface area contributed by atoms with E-state index in [9.17, 15) is 31.2 Å². The molecule has 8 nitrogen and oxygen atoms in total. The van der Waals surface area contributed by atoms with Crippen LogP contribution in [0.5, 0.6) is 0 Å². The Morgan fingerprint density at radius 2 is 1.76 bits per heavy atom. The second-order valence-corrected chi connectivity index (χ2v) is 8.67. The molecule has 1 aliphatic heterocycles. The lowest BCUT2D eigenvalue weighted by molar-refractivity contribution is -0.137. The van der Waals surface area contributed by atoms with E-state index in [1.54, 1.807) is 11.8 Å². The Hall–Kier alpha value is -1.89. The largest absolute Gasteiger partial charge is 0.417 e. The number of carbonyl (C=O) groups is 2. The molecule has 0 spiro atoms. The Bertz CT molecular complexity index is 887. The molecule has 3 amide bonds. The highest BCUT2D eigenvalue weighted by Gasteiger charge is 2.37. The van der Waals surface area contributed by atoms with Crippen LogP contribution >= 0.6 is 11.6 Å². The maximum atomic E-state index is 13.0. The molecule has 1 saturated heterocycles. The topological polar surface area (TPSA) is 98.8 Å². The lowest BCUT2D eigenvalue weighted by atomic mass is 10.2. The van der Waals surface area contributed by atoms with Crippen LogP contribution in [-0.4, -0.2) is 68.8 Å². The summed E-state index contributed by atoms with van der Waals surface area (Å²) < 4.78 is 65.6. The summed E-state index contributed by atoms with van der Waals surface area (Å²) in [5.74, 6) is -0.548. The van der Waals surface area contributed by atoms with Crippen LogP contribution in [0.25, 0.3) is 0 Å². The number of nitrogens with zero attached hydrogens (tertiary/aromatic N) is 2. The summed E-state index contributed by atoms with van der Waals surface area (Å²) >= 11 is 5.55. The fourth-order valence-electron chi connectivity index (χ4n) is 2.81. The summed E-state index contributed by atoms with van der Waals surface area (Å²) in [4.78, 5) is 24.4. The molecule has 0 radical (unpaired) electrons. The third-order valence-corrected chi connectivity index (χ3v) is 6.77. The van der Waals surface area contributed by atoms with Gasteiger partial charge < -0.3 is 5.32 Å². The van der Waals surface area contributed by atoms with Gasteiger partial charge in [-0.1, -0.05) is 11.6 Å². The van der Waals surface area contributed by atoms with Gasteiger partial charge in [0.2, 0.25) is 15.9 Å². The molecule has 1 unspecified atom stereocenters. The first-order valence-corrected chi connectivity index (χ1v) is 10.3. The maximum absolute atomic E-state index is 13.0. The van der Waals surface area contributed by atoms with Crippen LogP contribution in [0.2, 0.25) is 5.02 Å². The number of hydrogen-bond donors (Lipinski definition) is 2. The van der Waals surface area contributed by atoms with Crippen molar-refractivity contribution < 1.29 is 31.2 Å². The van der Waals surface area contributed by atoms with Crippen molar-refractivity contribution in [2.24, 2.45) is 0 Å². The molecule has 0 aliphatic carbocycles. The fourth-order valence-corrected chi connectivity index (χ4v) is 4.48. The molecular weight excluding hydrogens is 437 g/mol. The number of halogens is 4. The molecule has 162 valence electrons. The quantitative estimate of drug-likeness (QED) is 0.715. The van der Waals surface area contributed by atoms with E-state index in [1.165, 1.54) is 7.05 Å². The van der Waals surface area contributed by atoms with Gasteiger partial charge in [0.25, 0.3) is 0 Å². The summed E-state index contributed by atoms with van der Waals surface area (Å²) in [6, 6.07) is 1.09. The van der Waals surface area contributed by atoms with Gasteiger partial charge in [-0.3, -0.25) is 15.0 Å². The predicted octanol–water partition coefficient (Wildman–Crippen LogP) is 1.51. The molecule has 1 aromatic carbocycles. The molecule has 2 N–H and O–H groups in total. The van der Waals surface area contributed by atoms with Crippen molar-refractivity contribution in [3.63, 3.8) is 0 Å². The first-order chi connectivity index (χ1) is 13.4. The zero-order valence-electron chi connectivity index (χ0n) is 15.6. The molecule has 13 heteroatoms. The van der Waals surface area contributed by atoms with Crippen LogP contribution in [-0.2, 0) is 21.0 Å². The number of piperazine rings is 1. The smallest absolute Gasteiger partial charge is 0.341 e. The van der Waals surface area contributed by atoms with Crippen molar-refractivity contribution in [3.05, 3.63) is 28.8 Å². The third-order valence-electron chi connectivity index (χ3n) is 4.55. The van der Waals surface area contributed by atoms with Crippen molar-refractivity contribution in [1.82, 2.24) is 19.8 Å². The minimum absolute atomic E-state index is 0.0239. The highest BCUT2D eigenvalue weighted by atomic mass is 35.5. The molecule has 1 atom stereocenters. The van der Waals surface area contributed by atoms with Crippen LogP contribution in [0.3, 0.4) is 0 Å². The number of imide groups is 1. The highest BCUT2D eigenvalue weighted by Crippen LogP contribution is 2.36. The predicted molar refractivity (Wildman–Crippen MR) is 98.8 cm³/mol. The Balaban J connectivity index is 2.10. The second kappa shape index (κ2) is 8.86. The van der Waals surface area contributed by atoms with Gasteiger partial charge in [0.1, 0.15) is 0 Å². The second-order valence-electron chi connectivity index (χ2n) is 6.32. The highest BCUT2D eigenvalue weighted by molar-refractivity contribution is 7.89. The number of amides is 3. The SMILES string of the molecule is CNC(=O)NC(=O)C(C)N1CCN(S(=O)(=O)c2ccc(Cl)c(C(F)(F)F)c2)CC1. The first-order valence-electron chi connectivity index (χ1n) is 8.51. The van der Waals surface area contributed by atoms with Gasteiger partial charge in [-0.15, -0.1) is 0 Å². The fraction of sp³-hybridized carbons (Fsp3) is 0.500. The number of urea groups is 1. The number of hydrogen-bond acceptors (Lipinski definition) is 5. The van der Waals surface area contributed by atoms with E-state index in [4.69, 9.17) is 11.6 Å². The van der Waals surface area contributed by atoms with Crippen molar-refractivity contribution >= 4 is 33.6 Å². The van der Waals surface area contributed by atoms with E-state index in [-0.39, 0.29) is 26.2 Å². The van der Waals surface area contributed by atoms with Crippen LogP contribution in [0.4, 0.5) is 18.0 Å². The van der Waals surface area contributed by atoms with E-state index in [1.807, 2.05) is 0 Å². The van der Waals surface area contributed by atoms with E-state index >= 15 is 0 Å². The van der Waals surface area contributed by atoms with Crippen molar-refractivity contribution in [1.29, 1.82) is 0 Å². The monoisotopic (exact) mass is 456 g/mol. The van der Waals surface area contributed by atoms with Crippen LogP contribution in [0, 0.1) is 0 Å². The summed E-state index contributed by atoms with van der Waals surface area (Å²) in [6.07, 6.45) is -4.78. The molecule has 1 aromatic rings. The lowest BCUT2D eigenvalue weighted by Gasteiger charge is -2.36. The molecule has 0 aromatic heterocycles. The van der Waals surface area contributed by atoms with E-state index < -0.39 is 49.7 Å². The molecular formula is C16H20ClF3N4O4S. The summed E-state index contributed by atoms with van der Waals surface area (Å²) in [7, 11) is -2.81. The van der Waals surface area contributed by atoms with Crippen LogP contribution in [0.1, 0.15) is 12.5 Å². The van der Waals surface area contributed by atoms with Gasteiger partial charge >= 0.3 is 12.2 Å². The van der Waals surface area contributed by atoms with Gasteiger partial charge in [0.15, 0.2) is 0 Å². The third kappa shape index (κ3) is 5.38. The Morgan fingerprint density at radius 1 is 1.17 bits per heavy atom. The van der Waals surface area contributed by atoms with Gasteiger partial charge in [-0.05, 0) is 25.1 Å². The maximum Gasteiger partial charge on any atom is 0.417 e. The van der Waals surface area contributed by atoms with Gasteiger partial charge in [-0.2, -0.15) is 17.5 Å². The van der Waals surface area contributed by atoms with E-state index in [2.05, 4.69) is 10.6 Å². The number of alkyl halides is 3. The average molecular weight is 457 g/mol. The number of benzene rings is 1. The number of sulfonamides is 1. The number of rotatable bonds is 4.